The van der Waals surface area contributed by atoms with Gasteiger partial charge in [0.2, 0.25) is 0 Å². The zero-order valence-electron chi connectivity index (χ0n) is 4.78. The minimum atomic E-state index is -0.954. The first-order valence-corrected chi connectivity index (χ1v) is 2.15. The Kier molecular flexibility index (Phi) is 27.7. The number of aliphatic hydroxyl groups is 4. The summed E-state index contributed by atoms with van der Waals surface area (Å²) in [5, 5.41) is 31.0. The van der Waals surface area contributed by atoms with Crippen LogP contribution in [0.3, 0.4) is 0 Å². The van der Waals surface area contributed by atoms with E-state index >= 15 is 0 Å². The molecule has 0 heterocycles. The van der Waals surface area contributed by atoms with Crippen molar-refractivity contribution >= 4 is 0 Å². The zero-order valence-corrected chi connectivity index (χ0v) is 4.78. The summed E-state index contributed by atoms with van der Waals surface area (Å²) in [7, 11) is 1.00. The summed E-state index contributed by atoms with van der Waals surface area (Å²) in [6, 6.07) is 0. The monoisotopic (exact) mass is 140 g/mol. The Morgan fingerprint density at radius 1 is 1.11 bits per heavy atom. The predicted octanol–water partition coefficient (Wildman–Crippen LogP) is -1.42. The van der Waals surface area contributed by atoms with Gasteiger partial charge in [0.15, 0.2) is 0 Å². The lowest BCUT2D eigenvalue weighted by Crippen LogP contribution is -2.15. The first kappa shape index (κ1) is 15.9. The maximum absolute atomic E-state index is 8.17. The number of aliphatic hydroxyl groups excluding tert-OH is 4. The smallest absolute Gasteiger partial charge is 0.100 e. The lowest BCUT2D eigenvalue weighted by atomic mass is 10.4. The Labute approximate surface area is 55.4 Å². The van der Waals surface area contributed by atoms with E-state index in [1.165, 1.54) is 0 Å². The molecule has 60 valence electrons. The highest BCUT2D eigenvalue weighted by atomic mass is 16.3. The third-order valence-electron chi connectivity index (χ3n) is 0.421. The van der Waals surface area contributed by atoms with E-state index in [4.69, 9.17) is 20.4 Å². The summed E-state index contributed by atoms with van der Waals surface area (Å²) in [5.74, 6) is 0. The van der Waals surface area contributed by atoms with Crippen molar-refractivity contribution in [2.24, 2.45) is 0 Å². The molecule has 0 saturated heterocycles. The summed E-state index contributed by atoms with van der Waals surface area (Å²) in [5.41, 5.74) is 0. The van der Waals surface area contributed by atoms with E-state index in [1.54, 1.807) is 0 Å². The van der Waals surface area contributed by atoms with Crippen molar-refractivity contribution in [2.75, 3.05) is 20.3 Å². The van der Waals surface area contributed by atoms with E-state index in [0.29, 0.717) is 0 Å². The zero-order chi connectivity index (χ0) is 6.99. The molecule has 0 bridgehead atoms. The molecule has 0 unspecified atom stereocenters. The van der Waals surface area contributed by atoms with E-state index in [-0.39, 0.29) is 20.6 Å². The SMILES string of the molecule is C.CO.OCC(O)CO. The minimum Gasteiger partial charge on any atom is -0.400 e. The van der Waals surface area contributed by atoms with Crippen molar-refractivity contribution in [3.8, 4) is 0 Å². The first-order chi connectivity index (χ1) is 3.81. The van der Waals surface area contributed by atoms with Crippen LogP contribution in [-0.4, -0.2) is 46.9 Å². The van der Waals surface area contributed by atoms with Crippen molar-refractivity contribution in [1.29, 1.82) is 0 Å². The Morgan fingerprint density at radius 3 is 1.33 bits per heavy atom. The van der Waals surface area contributed by atoms with Gasteiger partial charge >= 0.3 is 0 Å². The highest BCUT2D eigenvalue weighted by Gasteiger charge is 1.93. The molecule has 4 heteroatoms. The van der Waals surface area contributed by atoms with Crippen LogP contribution < -0.4 is 0 Å². The normalized spacial score (nSPS) is 7.33. The molecule has 0 fully saturated rings. The van der Waals surface area contributed by atoms with Gasteiger partial charge in [-0.25, -0.2) is 0 Å². The molecule has 0 atom stereocenters. The molecule has 0 aromatic carbocycles. The number of hydrogen-bond donors (Lipinski definition) is 4. The van der Waals surface area contributed by atoms with Crippen molar-refractivity contribution in [1.82, 2.24) is 0 Å². The molecule has 0 aliphatic heterocycles. The van der Waals surface area contributed by atoms with Gasteiger partial charge in [-0.05, 0) is 0 Å². The van der Waals surface area contributed by atoms with Gasteiger partial charge < -0.3 is 20.4 Å². The molecule has 0 rings (SSSR count). The molecule has 0 spiro atoms. The maximum atomic E-state index is 8.17. The van der Waals surface area contributed by atoms with Crippen LogP contribution in [0.1, 0.15) is 7.43 Å². The second-order valence-electron chi connectivity index (χ2n) is 1.02. The molecule has 0 aromatic heterocycles. The van der Waals surface area contributed by atoms with Gasteiger partial charge in [-0.2, -0.15) is 0 Å². The molecule has 0 saturated carbocycles. The maximum Gasteiger partial charge on any atom is 0.100 e. The largest absolute Gasteiger partial charge is 0.400 e. The highest BCUT2D eigenvalue weighted by Crippen LogP contribution is 1.71. The van der Waals surface area contributed by atoms with Crippen LogP contribution >= 0.6 is 0 Å². The van der Waals surface area contributed by atoms with Crippen LogP contribution in [0.15, 0.2) is 0 Å². The first-order valence-electron chi connectivity index (χ1n) is 2.15. The summed E-state index contributed by atoms with van der Waals surface area (Å²) >= 11 is 0. The highest BCUT2D eigenvalue weighted by molar-refractivity contribution is 4.43. The molecule has 4 nitrogen and oxygen atoms in total. The van der Waals surface area contributed by atoms with Crippen LogP contribution in [0.4, 0.5) is 0 Å². The summed E-state index contributed by atoms with van der Waals surface area (Å²) in [4.78, 5) is 0. The lowest BCUT2D eigenvalue weighted by molar-refractivity contribution is 0.0450. The molecule has 0 aliphatic carbocycles. The molecule has 0 amide bonds. The van der Waals surface area contributed by atoms with Crippen LogP contribution in [0, 0.1) is 0 Å². The quantitative estimate of drug-likeness (QED) is 0.379. The van der Waals surface area contributed by atoms with Gasteiger partial charge in [-0.3, -0.25) is 0 Å². The van der Waals surface area contributed by atoms with E-state index < -0.39 is 6.10 Å². The fraction of sp³-hybridized carbons (Fsp3) is 1.00. The Bertz CT molecular complexity index is 28.1. The van der Waals surface area contributed by atoms with Crippen molar-refractivity contribution in [2.45, 2.75) is 13.5 Å². The van der Waals surface area contributed by atoms with Gasteiger partial charge in [0.05, 0.1) is 13.2 Å². The van der Waals surface area contributed by atoms with Gasteiger partial charge in [0.25, 0.3) is 0 Å². The topological polar surface area (TPSA) is 80.9 Å². The predicted molar refractivity (Wildman–Crippen MR) is 35.1 cm³/mol. The molecule has 9 heavy (non-hydrogen) atoms. The fourth-order valence-electron chi connectivity index (χ4n) is 0.0577. The van der Waals surface area contributed by atoms with Crippen molar-refractivity contribution in [3.05, 3.63) is 0 Å². The Balaban J connectivity index is -0.000000109. The van der Waals surface area contributed by atoms with E-state index in [9.17, 15) is 0 Å². The van der Waals surface area contributed by atoms with Crippen LogP contribution in [0.5, 0.6) is 0 Å². The summed E-state index contributed by atoms with van der Waals surface area (Å²) < 4.78 is 0. The second-order valence-corrected chi connectivity index (χ2v) is 1.02. The lowest BCUT2D eigenvalue weighted by Gasteiger charge is -1.96. The fourth-order valence-corrected chi connectivity index (χ4v) is 0.0577. The molecular formula is C5H16O4. The van der Waals surface area contributed by atoms with E-state index in [2.05, 4.69) is 0 Å². The standard InChI is InChI=1S/C3H8O3.CH4O.CH4/c4-1-3(6)2-5;1-2;/h3-6H,1-2H2;2H,1H3;1H4. The summed E-state index contributed by atoms with van der Waals surface area (Å²) in [6.07, 6.45) is -0.954. The van der Waals surface area contributed by atoms with Crippen LogP contribution in [0.25, 0.3) is 0 Å². The van der Waals surface area contributed by atoms with Gasteiger partial charge in [0.1, 0.15) is 6.10 Å². The van der Waals surface area contributed by atoms with Crippen LogP contribution in [0.2, 0.25) is 0 Å². The summed E-state index contributed by atoms with van der Waals surface area (Å²) in [6.45, 7) is -0.729. The van der Waals surface area contributed by atoms with Crippen molar-refractivity contribution in [3.63, 3.8) is 0 Å². The average Bonchev–Trinajstić information content (AvgIpc) is 1.91. The number of rotatable bonds is 2. The molecule has 0 radical (unpaired) electrons. The van der Waals surface area contributed by atoms with Gasteiger partial charge in [0, 0.05) is 7.11 Å². The van der Waals surface area contributed by atoms with Crippen molar-refractivity contribution < 1.29 is 20.4 Å². The minimum absolute atomic E-state index is 0. The number of hydrogen-bond acceptors (Lipinski definition) is 4. The molecule has 4 N–H and O–H groups in total. The van der Waals surface area contributed by atoms with Crippen LogP contribution in [-0.2, 0) is 0 Å². The molecule has 0 aromatic rings. The van der Waals surface area contributed by atoms with E-state index in [0.717, 1.165) is 7.11 Å². The Morgan fingerprint density at radius 2 is 1.33 bits per heavy atom. The molecule has 0 aliphatic rings. The Hall–Kier alpha value is -0.160. The third-order valence-corrected chi connectivity index (χ3v) is 0.421. The second kappa shape index (κ2) is 15.7. The third kappa shape index (κ3) is 18.1. The van der Waals surface area contributed by atoms with Gasteiger partial charge in [-0.15, -0.1) is 0 Å². The molecular weight excluding hydrogens is 124 g/mol. The van der Waals surface area contributed by atoms with E-state index in [1.807, 2.05) is 0 Å². The van der Waals surface area contributed by atoms with Gasteiger partial charge in [-0.1, -0.05) is 7.43 Å². The average molecular weight is 140 g/mol.